The van der Waals surface area contributed by atoms with Gasteiger partial charge in [-0.15, -0.1) is 0 Å². The molecular formula is C17H21FN4O2. The Morgan fingerprint density at radius 1 is 1.46 bits per heavy atom. The van der Waals surface area contributed by atoms with Crippen molar-refractivity contribution in [1.82, 2.24) is 20.3 Å². The third-order valence-electron chi connectivity index (χ3n) is 4.30. The van der Waals surface area contributed by atoms with Crippen molar-refractivity contribution in [3.63, 3.8) is 0 Å². The van der Waals surface area contributed by atoms with Crippen LogP contribution in [-0.2, 0) is 6.54 Å². The third-order valence-corrected chi connectivity index (χ3v) is 4.30. The molecule has 3 rings (SSSR count). The number of aromatic nitrogens is 1. The molecule has 1 saturated heterocycles. The lowest BCUT2D eigenvalue weighted by Crippen LogP contribution is -2.40. The molecule has 0 aliphatic carbocycles. The van der Waals surface area contributed by atoms with Gasteiger partial charge in [-0.3, -0.25) is 0 Å². The van der Waals surface area contributed by atoms with Crippen LogP contribution in [0.4, 0.5) is 9.18 Å². The molecule has 1 aromatic carbocycles. The minimum atomic E-state index is -0.354. The van der Waals surface area contributed by atoms with E-state index in [9.17, 15) is 9.18 Å². The average Bonchev–Trinajstić information content (AvgIpc) is 3.22. The van der Waals surface area contributed by atoms with Gasteiger partial charge < -0.3 is 19.6 Å². The molecule has 7 heteroatoms. The van der Waals surface area contributed by atoms with Gasteiger partial charge in [0.25, 0.3) is 0 Å². The van der Waals surface area contributed by atoms with Gasteiger partial charge in [-0.05, 0) is 32.6 Å². The van der Waals surface area contributed by atoms with Crippen LogP contribution < -0.4 is 5.32 Å². The van der Waals surface area contributed by atoms with E-state index in [0.29, 0.717) is 23.1 Å². The number of likely N-dealkylation sites (tertiary alicyclic amines) is 1. The second-order valence-electron chi connectivity index (χ2n) is 6.17. The number of amides is 2. The van der Waals surface area contributed by atoms with Crippen molar-refractivity contribution in [2.45, 2.75) is 19.0 Å². The van der Waals surface area contributed by atoms with Crippen molar-refractivity contribution in [1.29, 1.82) is 0 Å². The summed E-state index contributed by atoms with van der Waals surface area (Å²) < 4.78 is 18.9. The number of hydrogen-bond donors (Lipinski definition) is 1. The number of nitrogens with one attached hydrogen (secondary N) is 1. The van der Waals surface area contributed by atoms with E-state index in [1.54, 1.807) is 29.2 Å². The number of carbonyl (C=O) groups excluding carboxylic acids is 1. The maximum atomic E-state index is 13.7. The maximum absolute atomic E-state index is 13.7. The largest absolute Gasteiger partial charge is 0.359 e. The minimum Gasteiger partial charge on any atom is -0.359 e. The number of benzene rings is 1. The van der Waals surface area contributed by atoms with Crippen LogP contribution in [0.2, 0.25) is 0 Å². The standard InChI is InChI=1S/C17H21FN4O2/c1-21(2)12-7-8-22(11-12)17(23)19-10-13-9-16(20-24-13)14-5-3-4-6-15(14)18/h3-6,9,12H,7-8,10-11H2,1-2H3,(H,19,23)/t12-/m1/s1. The molecule has 0 unspecified atom stereocenters. The summed E-state index contributed by atoms with van der Waals surface area (Å²) in [5.41, 5.74) is 0.804. The van der Waals surface area contributed by atoms with E-state index >= 15 is 0 Å². The SMILES string of the molecule is CN(C)[C@@H]1CCN(C(=O)NCc2cc(-c3ccccc3F)no2)C1. The second kappa shape index (κ2) is 7.00. The Hall–Kier alpha value is -2.41. The van der Waals surface area contributed by atoms with Gasteiger partial charge in [-0.25, -0.2) is 9.18 Å². The smallest absolute Gasteiger partial charge is 0.317 e. The predicted molar refractivity (Wildman–Crippen MR) is 87.8 cm³/mol. The molecule has 2 aromatic rings. The Bertz CT molecular complexity index is 716. The van der Waals surface area contributed by atoms with E-state index in [1.807, 2.05) is 14.1 Å². The van der Waals surface area contributed by atoms with Gasteiger partial charge in [-0.1, -0.05) is 17.3 Å². The molecule has 0 spiro atoms. The molecule has 1 N–H and O–H groups in total. The molecule has 24 heavy (non-hydrogen) atoms. The van der Waals surface area contributed by atoms with Crippen LogP contribution in [0.25, 0.3) is 11.3 Å². The molecule has 1 aromatic heterocycles. The fourth-order valence-electron chi connectivity index (χ4n) is 2.81. The van der Waals surface area contributed by atoms with Crippen molar-refractivity contribution in [3.8, 4) is 11.3 Å². The van der Waals surface area contributed by atoms with Crippen LogP contribution in [0.15, 0.2) is 34.9 Å². The molecule has 0 radical (unpaired) electrons. The van der Waals surface area contributed by atoms with Gasteiger partial charge in [-0.2, -0.15) is 0 Å². The summed E-state index contributed by atoms with van der Waals surface area (Å²) in [7, 11) is 4.04. The first-order valence-electron chi connectivity index (χ1n) is 7.94. The molecule has 6 nitrogen and oxygen atoms in total. The molecule has 0 bridgehead atoms. The number of urea groups is 1. The van der Waals surface area contributed by atoms with Crippen LogP contribution in [-0.4, -0.2) is 54.2 Å². The summed E-state index contributed by atoms with van der Waals surface area (Å²) in [6, 6.07) is 8.30. The highest BCUT2D eigenvalue weighted by Crippen LogP contribution is 2.22. The van der Waals surface area contributed by atoms with Gasteiger partial charge in [0.15, 0.2) is 5.76 Å². The summed E-state index contributed by atoms with van der Waals surface area (Å²) in [6.07, 6.45) is 0.972. The summed E-state index contributed by atoms with van der Waals surface area (Å²) in [5, 5.41) is 6.69. The molecule has 128 valence electrons. The number of hydrogen-bond acceptors (Lipinski definition) is 4. The molecule has 1 aliphatic heterocycles. The Labute approximate surface area is 140 Å². The number of rotatable bonds is 4. The lowest BCUT2D eigenvalue weighted by Gasteiger charge is -2.20. The topological polar surface area (TPSA) is 61.6 Å². The summed E-state index contributed by atoms with van der Waals surface area (Å²) >= 11 is 0. The quantitative estimate of drug-likeness (QED) is 0.933. The van der Waals surface area contributed by atoms with Gasteiger partial charge in [0.1, 0.15) is 11.5 Å². The van der Waals surface area contributed by atoms with Crippen LogP contribution in [0.3, 0.4) is 0 Å². The highest BCUT2D eigenvalue weighted by Gasteiger charge is 2.27. The van der Waals surface area contributed by atoms with Gasteiger partial charge in [0.05, 0.1) is 6.54 Å². The number of likely N-dealkylation sites (N-methyl/N-ethyl adjacent to an activating group) is 1. The van der Waals surface area contributed by atoms with Crippen molar-refractivity contribution >= 4 is 6.03 Å². The summed E-state index contributed by atoms with van der Waals surface area (Å²) in [6.45, 7) is 1.69. The van der Waals surface area contributed by atoms with Crippen molar-refractivity contribution in [3.05, 3.63) is 41.9 Å². The first-order chi connectivity index (χ1) is 11.5. The third kappa shape index (κ3) is 3.56. The van der Waals surface area contributed by atoms with Crippen LogP contribution in [0.1, 0.15) is 12.2 Å². The van der Waals surface area contributed by atoms with E-state index in [-0.39, 0.29) is 18.4 Å². The Morgan fingerprint density at radius 3 is 2.96 bits per heavy atom. The predicted octanol–water partition coefficient (Wildman–Crippen LogP) is 2.33. The lowest BCUT2D eigenvalue weighted by atomic mass is 10.1. The van der Waals surface area contributed by atoms with E-state index < -0.39 is 0 Å². The fraction of sp³-hybridized carbons (Fsp3) is 0.412. The van der Waals surface area contributed by atoms with Crippen molar-refractivity contribution in [2.75, 3.05) is 27.2 Å². The highest BCUT2D eigenvalue weighted by molar-refractivity contribution is 5.74. The molecular weight excluding hydrogens is 311 g/mol. The van der Waals surface area contributed by atoms with Crippen molar-refractivity contribution < 1.29 is 13.7 Å². The summed E-state index contributed by atoms with van der Waals surface area (Å²) in [4.78, 5) is 16.1. The van der Waals surface area contributed by atoms with Gasteiger partial charge in [0, 0.05) is 30.8 Å². The summed E-state index contributed by atoms with van der Waals surface area (Å²) in [5.74, 6) is 0.137. The minimum absolute atomic E-state index is 0.122. The molecule has 2 amide bonds. The van der Waals surface area contributed by atoms with Gasteiger partial charge in [0.2, 0.25) is 0 Å². The number of carbonyl (C=O) groups is 1. The van der Waals surface area contributed by atoms with E-state index in [2.05, 4.69) is 15.4 Å². The first kappa shape index (κ1) is 16.4. The lowest BCUT2D eigenvalue weighted by molar-refractivity contribution is 0.201. The second-order valence-corrected chi connectivity index (χ2v) is 6.17. The Kier molecular flexibility index (Phi) is 4.80. The zero-order valence-electron chi connectivity index (χ0n) is 13.8. The fourth-order valence-corrected chi connectivity index (χ4v) is 2.81. The zero-order valence-corrected chi connectivity index (χ0v) is 13.8. The monoisotopic (exact) mass is 332 g/mol. The zero-order chi connectivity index (χ0) is 17.1. The van der Waals surface area contributed by atoms with Crippen LogP contribution in [0, 0.1) is 5.82 Å². The Morgan fingerprint density at radius 2 is 2.25 bits per heavy atom. The van der Waals surface area contributed by atoms with Crippen molar-refractivity contribution in [2.24, 2.45) is 0 Å². The molecule has 0 saturated carbocycles. The number of halogens is 1. The van der Waals surface area contributed by atoms with E-state index in [1.165, 1.54) is 6.07 Å². The van der Waals surface area contributed by atoms with E-state index in [0.717, 1.165) is 19.5 Å². The van der Waals surface area contributed by atoms with Crippen LogP contribution >= 0.6 is 0 Å². The Balaban J connectivity index is 1.56. The first-order valence-corrected chi connectivity index (χ1v) is 7.94. The van der Waals surface area contributed by atoms with Crippen LogP contribution in [0.5, 0.6) is 0 Å². The molecule has 2 heterocycles. The average molecular weight is 332 g/mol. The van der Waals surface area contributed by atoms with E-state index in [4.69, 9.17) is 4.52 Å². The van der Waals surface area contributed by atoms with Gasteiger partial charge >= 0.3 is 6.03 Å². The number of nitrogens with zero attached hydrogens (tertiary/aromatic N) is 3. The molecule has 1 aliphatic rings. The maximum Gasteiger partial charge on any atom is 0.317 e. The molecule has 1 fully saturated rings. The molecule has 1 atom stereocenters. The highest BCUT2D eigenvalue weighted by atomic mass is 19.1. The normalized spacial score (nSPS) is 17.5.